The van der Waals surface area contributed by atoms with Crippen molar-refractivity contribution < 1.29 is 4.52 Å². The fourth-order valence-corrected chi connectivity index (χ4v) is 2.65. The molecule has 1 saturated carbocycles. The van der Waals surface area contributed by atoms with Crippen LogP contribution in [0.25, 0.3) is 0 Å². The fraction of sp³-hybridized carbons (Fsp3) is 0.615. The summed E-state index contributed by atoms with van der Waals surface area (Å²) in [6.45, 7) is 0. The van der Waals surface area contributed by atoms with Crippen molar-refractivity contribution in [1.82, 2.24) is 20.1 Å². The quantitative estimate of drug-likeness (QED) is 0.878. The van der Waals surface area contributed by atoms with Gasteiger partial charge in [0.1, 0.15) is 0 Å². The van der Waals surface area contributed by atoms with Gasteiger partial charge in [0.2, 0.25) is 5.89 Å². The van der Waals surface area contributed by atoms with Gasteiger partial charge in [-0.2, -0.15) is 4.98 Å². The standard InChI is InChI=1S/C13H19N5O/c14-11(6-10-7-15-8-16-10)13-17-12(18-19-13)9-4-2-1-3-5-9/h7-9,11H,1-6,14H2,(H,15,16)/t11-/m1/s1. The Labute approximate surface area is 111 Å². The number of rotatable bonds is 4. The van der Waals surface area contributed by atoms with Gasteiger partial charge in [-0.25, -0.2) is 4.98 Å². The van der Waals surface area contributed by atoms with E-state index in [0.717, 1.165) is 24.4 Å². The molecule has 1 aliphatic rings. The Morgan fingerprint density at radius 2 is 2.21 bits per heavy atom. The molecule has 19 heavy (non-hydrogen) atoms. The van der Waals surface area contributed by atoms with Crippen LogP contribution < -0.4 is 5.73 Å². The average Bonchev–Trinajstić information content (AvgIpc) is 3.10. The molecule has 0 unspecified atom stereocenters. The Balaban J connectivity index is 1.66. The summed E-state index contributed by atoms with van der Waals surface area (Å²) in [6.07, 6.45) is 10.2. The zero-order valence-corrected chi connectivity index (χ0v) is 10.9. The van der Waals surface area contributed by atoms with Crippen LogP contribution in [0.5, 0.6) is 0 Å². The number of hydrogen-bond donors (Lipinski definition) is 2. The Morgan fingerprint density at radius 1 is 1.37 bits per heavy atom. The third-order valence-corrected chi connectivity index (χ3v) is 3.74. The lowest BCUT2D eigenvalue weighted by atomic mass is 9.89. The molecule has 1 atom stereocenters. The maximum absolute atomic E-state index is 6.09. The molecule has 0 bridgehead atoms. The predicted molar refractivity (Wildman–Crippen MR) is 69.3 cm³/mol. The first-order chi connectivity index (χ1) is 9.33. The molecule has 6 heteroatoms. The summed E-state index contributed by atoms with van der Waals surface area (Å²) in [6, 6.07) is -0.273. The van der Waals surface area contributed by atoms with E-state index < -0.39 is 0 Å². The molecule has 0 saturated heterocycles. The van der Waals surface area contributed by atoms with Gasteiger partial charge in [0, 0.05) is 24.2 Å². The first-order valence-corrected chi connectivity index (χ1v) is 6.89. The number of hydrogen-bond acceptors (Lipinski definition) is 5. The second kappa shape index (κ2) is 5.52. The lowest BCUT2D eigenvalue weighted by Gasteiger charge is -2.17. The number of imidazole rings is 1. The van der Waals surface area contributed by atoms with E-state index in [2.05, 4.69) is 20.1 Å². The van der Waals surface area contributed by atoms with Gasteiger partial charge in [0.25, 0.3) is 0 Å². The van der Waals surface area contributed by atoms with E-state index in [1.54, 1.807) is 12.5 Å². The molecule has 6 nitrogen and oxygen atoms in total. The molecule has 3 rings (SSSR count). The molecule has 1 aliphatic carbocycles. The molecule has 1 fully saturated rings. The maximum atomic E-state index is 6.09. The van der Waals surface area contributed by atoms with Crippen LogP contribution in [0, 0.1) is 0 Å². The SMILES string of the molecule is N[C@H](Cc1cnc[nH]1)c1nc(C2CCCCC2)no1. The third-order valence-electron chi connectivity index (χ3n) is 3.74. The number of nitrogens with one attached hydrogen (secondary N) is 1. The summed E-state index contributed by atoms with van der Waals surface area (Å²) in [7, 11) is 0. The summed E-state index contributed by atoms with van der Waals surface area (Å²) >= 11 is 0. The molecule has 2 aromatic heterocycles. The molecular formula is C13H19N5O. The van der Waals surface area contributed by atoms with Gasteiger partial charge in [-0.05, 0) is 12.8 Å². The number of aromatic amines is 1. The smallest absolute Gasteiger partial charge is 0.243 e. The summed E-state index contributed by atoms with van der Waals surface area (Å²) in [5.41, 5.74) is 7.06. The van der Waals surface area contributed by atoms with E-state index in [9.17, 15) is 0 Å². The highest BCUT2D eigenvalue weighted by Gasteiger charge is 2.23. The van der Waals surface area contributed by atoms with Gasteiger partial charge in [0.05, 0.1) is 12.4 Å². The van der Waals surface area contributed by atoms with E-state index >= 15 is 0 Å². The average molecular weight is 261 g/mol. The lowest BCUT2D eigenvalue weighted by Crippen LogP contribution is -2.14. The zero-order valence-electron chi connectivity index (χ0n) is 10.9. The van der Waals surface area contributed by atoms with Crippen molar-refractivity contribution in [3.05, 3.63) is 29.9 Å². The highest BCUT2D eigenvalue weighted by Crippen LogP contribution is 2.31. The molecule has 0 spiro atoms. The largest absolute Gasteiger partial charge is 0.348 e. The second-order valence-electron chi connectivity index (χ2n) is 5.21. The van der Waals surface area contributed by atoms with E-state index in [0.29, 0.717) is 18.2 Å². The van der Waals surface area contributed by atoms with Crippen molar-refractivity contribution >= 4 is 0 Å². The van der Waals surface area contributed by atoms with Crippen molar-refractivity contribution in [1.29, 1.82) is 0 Å². The van der Waals surface area contributed by atoms with Crippen LogP contribution in [0.3, 0.4) is 0 Å². The minimum absolute atomic E-state index is 0.273. The van der Waals surface area contributed by atoms with Gasteiger partial charge in [-0.1, -0.05) is 24.4 Å². The minimum atomic E-state index is -0.273. The van der Waals surface area contributed by atoms with E-state index in [4.69, 9.17) is 10.3 Å². The molecule has 2 heterocycles. The van der Waals surface area contributed by atoms with Gasteiger partial charge in [-0.15, -0.1) is 0 Å². The fourth-order valence-electron chi connectivity index (χ4n) is 2.65. The van der Waals surface area contributed by atoms with Crippen LogP contribution in [0.2, 0.25) is 0 Å². The first kappa shape index (κ1) is 12.3. The Hall–Kier alpha value is -1.69. The monoisotopic (exact) mass is 261 g/mol. The van der Waals surface area contributed by atoms with Crippen molar-refractivity contribution in [2.24, 2.45) is 5.73 Å². The van der Waals surface area contributed by atoms with Crippen LogP contribution in [0.1, 0.15) is 61.5 Å². The summed E-state index contributed by atoms with van der Waals surface area (Å²) < 4.78 is 5.31. The van der Waals surface area contributed by atoms with Crippen LogP contribution in [-0.2, 0) is 6.42 Å². The van der Waals surface area contributed by atoms with Gasteiger partial charge in [0.15, 0.2) is 5.82 Å². The van der Waals surface area contributed by atoms with Crippen molar-refractivity contribution in [2.75, 3.05) is 0 Å². The van der Waals surface area contributed by atoms with Crippen LogP contribution >= 0.6 is 0 Å². The topological polar surface area (TPSA) is 93.6 Å². The van der Waals surface area contributed by atoms with Crippen molar-refractivity contribution in [3.8, 4) is 0 Å². The summed E-state index contributed by atoms with van der Waals surface area (Å²) in [4.78, 5) is 11.5. The molecule has 3 N–H and O–H groups in total. The van der Waals surface area contributed by atoms with Gasteiger partial charge in [-0.3, -0.25) is 0 Å². The van der Waals surface area contributed by atoms with E-state index in [1.165, 1.54) is 19.3 Å². The number of aromatic nitrogens is 4. The van der Waals surface area contributed by atoms with E-state index in [-0.39, 0.29) is 6.04 Å². The summed E-state index contributed by atoms with van der Waals surface area (Å²) in [5.74, 6) is 1.80. The van der Waals surface area contributed by atoms with Crippen LogP contribution in [0.4, 0.5) is 0 Å². The molecule has 0 aliphatic heterocycles. The van der Waals surface area contributed by atoms with Crippen LogP contribution in [0.15, 0.2) is 17.0 Å². The summed E-state index contributed by atoms with van der Waals surface area (Å²) in [5, 5.41) is 4.10. The molecular weight excluding hydrogens is 242 g/mol. The molecule has 0 radical (unpaired) electrons. The molecule has 0 aromatic carbocycles. The van der Waals surface area contributed by atoms with Gasteiger partial charge >= 0.3 is 0 Å². The Morgan fingerprint density at radius 3 is 2.95 bits per heavy atom. The Bertz CT molecular complexity index is 501. The molecule has 0 amide bonds. The Kier molecular flexibility index (Phi) is 3.59. The maximum Gasteiger partial charge on any atom is 0.243 e. The second-order valence-corrected chi connectivity index (χ2v) is 5.21. The third kappa shape index (κ3) is 2.84. The number of nitrogens with zero attached hydrogens (tertiary/aromatic N) is 3. The normalized spacial score (nSPS) is 18.6. The molecule has 2 aromatic rings. The zero-order chi connectivity index (χ0) is 13.1. The van der Waals surface area contributed by atoms with Gasteiger partial charge < -0.3 is 15.2 Å². The highest BCUT2D eigenvalue weighted by molar-refractivity contribution is 5.04. The van der Waals surface area contributed by atoms with Crippen molar-refractivity contribution in [2.45, 2.75) is 50.5 Å². The number of H-pyrrole nitrogens is 1. The highest BCUT2D eigenvalue weighted by atomic mass is 16.5. The van der Waals surface area contributed by atoms with Crippen LogP contribution in [-0.4, -0.2) is 20.1 Å². The molecule has 102 valence electrons. The number of nitrogens with two attached hydrogens (primary N) is 1. The predicted octanol–water partition coefficient (Wildman–Crippen LogP) is 2.08. The first-order valence-electron chi connectivity index (χ1n) is 6.89. The van der Waals surface area contributed by atoms with Crippen molar-refractivity contribution in [3.63, 3.8) is 0 Å². The van der Waals surface area contributed by atoms with E-state index in [1.807, 2.05) is 0 Å². The minimum Gasteiger partial charge on any atom is -0.348 e. The lowest BCUT2D eigenvalue weighted by molar-refractivity contribution is 0.340.